The predicted molar refractivity (Wildman–Crippen MR) is 111 cm³/mol. The number of nitrogens with zero attached hydrogens (tertiary/aromatic N) is 3. The smallest absolute Gasteiger partial charge is 0.253 e. The average molecular weight is 387 g/mol. The Labute approximate surface area is 168 Å². The van der Waals surface area contributed by atoms with E-state index in [4.69, 9.17) is 0 Å². The molecule has 1 N–H and O–H groups in total. The minimum absolute atomic E-state index is 0.0325. The van der Waals surface area contributed by atoms with Crippen LogP contribution in [0.2, 0.25) is 0 Å². The Morgan fingerprint density at radius 3 is 2.32 bits per heavy atom. The summed E-state index contributed by atoms with van der Waals surface area (Å²) in [6.45, 7) is 9.55. The third-order valence-electron chi connectivity index (χ3n) is 5.79. The second-order valence-electron chi connectivity index (χ2n) is 7.94. The van der Waals surface area contributed by atoms with Crippen LogP contribution >= 0.6 is 0 Å². The van der Waals surface area contributed by atoms with Gasteiger partial charge in [-0.05, 0) is 45.0 Å². The molecule has 0 saturated carbocycles. The summed E-state index contributed by atoms with van der Waals surface area (Å²) in [6, 6.07) is 7.73. The largest absolute Gasteiger partial charge is 0.340 e. The fraction of sp³-hybridized carbons (Fsp3) is 0.636. The summed E-state index contributed by atoms with van der Waals surface area (Å²) < 4.78 is 0. The Balaban J connectivity index is 1.59. The third kappa shape index (κ3) is 6.04. The van der Waals surface area contributed by atoms with Gasteiger partial charge in [-0.1, -0.05) is 24.1 Å². The molecule has 1 aromatic rings. The number of benzene rings is 1. The summed E-state index contributed by atoms with van der Waals surface area (Å²) in [4.78, 5) is 31.9. The number of nitrogens with one attached hydrogen (secondary N) is 1. The maximum atomic E-state index is 13.1. The normalized spacial score (nSPS) is 18.1. The second kappa shape index (κ2) is 10.6. The lowest BCUT2D eigenvalue weighted by Crippen LogP contribution is -2.47. The van der Waals surface area contributed by atoms with E-state index in [-0.39, 0.29) is 11.8 Å². The lowest BCUT2D eigenvalue weighted by molar-refractivity contribution is -0.131. The van der Waals surface area contributed by atoms with Crippen molar-refractivity contribution < 1.29 is 9.59 Å². The maximum absolute atomic E-state index is 13.1. The van der Waals surface area contributed by atoms with Gasteiger partial charge >= 0.3 is 0 Å². The van der Waals surface area contributed by atoms with Crippen molar-refractivity contribution in [1.29, 1.82) is 0 Å². The Morgan fingerprint density at radius 1 is 0.964 bits per heavy atom. The molecule has 2 fully saturated rings. The molecule has 2 heterocycles. The van der Waals surface area contributed by atoms with Gasteiger partial charge in [0.05, 0.1) is 0 Å². The first-order chi connectivity index (χ1) is 13.6. The number of carbonyl (C=O) groups is 2. The van der Waals surface area contributed by atoms with Crippen molar-refractivity contribution in [3.05, 3.63) is 35.4 Å². The molecular weight excluding hydrogens is 352 g/mol. The van der Waals surface area contributed by atoms with Crippen LogP contribution in [0, 0.1) is 6.92 Å². The fourth-order valence-corrected chi connectivity index (χ4v) is 3.94. The summed E-state index contributed by atoms with van der Waals surface area (Å²) >= 11 is 0. The fourth-order valence-electron chi connectivity index (χ4n) is 3.94. The van der Waals surface area contributed by atoms with Gasteiger partial charge in [-0.2, -0.15) is 0 Å². The van der Waals surface area contributed by atoms with Gasteiger partial charge in [0.1, 0.15) is 0 Å². The molecule has 2 aliphatic rings. The lowest BCUT2D eigenvalue weighted by Gasteiger charge is -2.31. The number of piperidine rings is 1. The Hall–Kier alpha value is -1.92. The van der Waals surface area contributed by atoms with Crippen LogP contribution < -0.4 is 5.32 Å². The maximum Gasteiger partial charge on any atom is 0.253 e. The summed E-state index contributed by atoms with van der Waals surface area (Å²) in [5.41, 5.74) is 1.85. The molecule has 0 aromatic heterocycles. The number of amides is 2. The molecule has 3 rings (SSSR count). The number of rotatable bonds is 7. The molecule has 2 aliphatic heterocycles. The standard InChI is InChI=1S/C22H34N4O2/c1-19-5-7-20(8-6-19)22(28)26(18-17-24-12-3-2-4-13-24)14-9-21(27)25-15-10-23-11-16-25/h5-8,23H,2-4,9-18H2,1H3. The average Bonchev–Trinajstić information content (AvgIpc) is 2.75. The van der Waals surface area contributed by atoms with Gasteiger partial charge in [0.2, 0.25) is 5.91 Å². The number of piperazine rings is 1. The van der Waals surface area contributed by atoms with Crippen LogP contribution in [-0.2, 0) is 4.79 Å². The van der Waals surface area contributed by atoms with Crippen LogP contribution in [0.5, 0.6) is 0 Å². The molecule has 0 radical (unpaired) electrons. The predicted octanol–water partition coefficient (Wildman–Crippen LogP) is 1.75. The Bertz CT molecular complexity index is 634. The van der Waals surface area contributed by atoms with Crippen molar-refractivity contribution in [2.24, 2.45) is 0 Å². The van der Waals surface area contributed by atoms with Crippen molar-refractivity contribution in [3.63, 3.8) is 0 Å². The van der Waals surface area contributed by atoms with Crippen molar-refractivity contribution >= 4 is 11.8 Å². The number of carbonyl (C=O) groups excluding carboxylic acids is 2. The van der Waals surface area contributed by atoms with E-state index in [1.165, 1.54) is 19.3 Å². The molecule has 154 valence electrons. The lowest BCUT2D eigenvalue weighted by atomic mass is 10.1. The van der Waals surface area contributed by atoms with Crippen LogP contribution in [0.3, 0.4) is 0 Å². The second-order valence-corrected chi connectivity index (χ2v) is 7.94. The molecule has 2 saturated heterocycles. The zero-order valence-electron chi connectivity index (χ0n) is 17.2. The zero-order valence-corrected chi connectivity index (χ0v) is 17.2. The van der Waals surface area contributed by atoms with Crippen LogP contribution in [0.15, 0.2) is 24.3 Å². The highest BCUT2D eigenvalue weighted by Crippen LogP contribution is 2.11. The van der Waals surface area contributed by atoms with Gasteiger partial charge in [0.15, 0.2) is 0 Å². The van der Waals surface area contributed by atoms with E-state index < -0.39 is 0 Å². The van der Waals surface area contributed by atoms with Crippen LogP contribution in [0.25, 0.3) is 0 Å². The quantitative estimate of drug-likeness (QED) is 0.776. The van der Waals surface area contributed by atoms with Crippen molar-refractivity contribution in [2.75, 3.05) is 58.9 Å². The van der Waals surface area contributed by atoms with E-state index in [2.05, 4.69) is 10.2 Å². The van der Waals surface area contributed by atoms with Crippen molar-refractivity contribution in [1.82, 2.24) is 20.0 Å². The van der Waals surface area contributed by atoms with Crippen LogP contribution in [-0.4, -0.2) is 85.4 Å². The highest BCUT2D eigenvalue weighted by atomic mass is 16.2. The molecule has 28 heavy (non-hydrogen) atoms. The third-order valence-corrected chi connectivity index (χ3v) is 5.79. The minimum atomic E-state index is 0.0325. The monoisotopic (exact) mass is 386 g/mol. The van der Waals surface area contributed by atoms with E-state index in [0.29, 0.717) is 25.1 Å². The van der Waals surface area contributed by atoms with Crippen molar-refractivity contribution in [2.45, 2.75) is 32.6 Å². The van der Waals surface area contributed by atoms with Gasteiger partial charge in [-0.25, -0.2) is 0 Å². The number of hydrogen-bond acceptors (Lipinski definition) is 4. The van der Waals surface area contributed by atoms with E-state index in [1.54, 1.807) is 0 Å². The van der Waals surface area contributed by atoms with E-state index in [0.717, 1.165) is 51.4 Å². The van der Waals surface area contributed by atoms with Crippen LogP contribution in [0.1, 0.15) is 41.6 Å². The summed E-state index contributed by atoms with van der Waals surface area (Å²) in [5.74, 6) is 0.186. The summed E-state index contributed by atoms with van der Waals surface area (Å²) in [7, 11) is 0. The Morgan fingerprint density at radius 2 is 1.64 bits per heavy atom. The first-order valence-electron chi connectivity index (χ1n) is 10.7. The molecule has 1 aromatic carbocycles. The molecule has 6 nitrogen and oxygen atoms in total. The first kappa shape index (κ1) is 20.8. The molecule has 6 heteroatoms. The Kier molecular flexibility index (Phi) is 7.86. The topological polar surface area (TPSA) is 55.9 Å². The molecule has 0 atom stereocenters. The first-order valence-corrected chi connectivity index (χ1v) is 10.7. The number of likely N-dealkylation sites (tertiary alicyclic amines) is 1. The number of aryl methyl sites for hydroxylation is 1. The number of hydrogen-bond donors (Lipinski definition) is 1. The van der Waals surface area contributed by atoms with Gasteiger partial charge < -0.3 is 20.0 Å². The highest BCUT2D eigenvalue weighted by Gasteiger charge is 2.21. The van der Waals surface area contributed by atoms with Gasteiger partial charge in [0.25, 0.3) is 5.91 Å². The summed E-state index contributed by atoms with van der Waals surface area (Å²) in [5, 5.41) is 3.27. The van der Waals surface area contributed by atoms with Crippen LogP contribution in [0.4, 0.5) is 0 Å². The summed E-state index contributed by atoms with van der Waals surface area (Å²) in [6.07, 6.45) is 4.19. The zero-order chi connectivity index (χ0) is 19.8. The molecule has 0 aliphatic carbocycles. The SMILES string of the molecule is Cc1ccc(C(=O)N(CCC(=O)N2CCNCC2)CCN2CCCCC2)cc1. The van der Waals surface area contributed by atoms with Gasteiger partial charge in [-0.15, -0.1) is 0 Å². The van der Waals surface area contributed by atoms with Gasteiger partial charge in [-0.3, -0.25) is 9.59 Å². The van der Waals surface area contributed by atoms with E-state index in [1.807, 2.05) is 41.0 Å². The molecular formula is C22H34N4O2. The molecule has 0 bridgehead atoms. The molecule has 0 spiro atoms. The van der Waals surface area contributed by atoms with Crippen molar-refractivity contribution in [3.8, 4) is 0 Å². The van der Waals surface area contributed by atoms with E-state index >= 15 is 0 Å². The minimum Gasteiger partial charge on any atom is -0.340 e. The molecule has 0 unspecified atom stereocenters. The van der Waals surface area contributed by atoms with E-state index in [9.17, 15) is 9.59 Å². The molecule has 2 amide bonds. The highest BCUT2D eigenvalue weighted by molar-refractivity contribution is 5.94. The van der Waals surface area contributed by atoms with Gasteiger partial charge in [0, 0.05) is 57.8 Å².